The van der Waals surface area contributed by atoms with Crippen LogP contribution in [-0.2, 0) is 10.0 Å². The number of nitrogen functional groups attached to an aromatic ring is 1. The van der Waals surface area contributed by atoms with Crippen molar-refractivity contribution >= 4 is 27.3 Å². The number of anilines is 1. The Balaban J connectivity index is 2.46. The third-order valence-corrected chi connectivity index (χ3v) is 5.62. The standard InChI is InChI=1S/C13H18ClFN2O2S/c1-13(2)4-3-5-17(8-13)20(18,19)11-7-9(16)6-10(14)12(11)15/h6-7H,3-5,8,16H2,1-2H3. The molecule has 1 aliphatic rings. The van der Waals surface area contributed by atoms with Crippen molar-refractivity contribution in [1.82, 2.24) is 4.31 Å². The number of sulfonamides is 1. The maximum atomic E-state index is 14.0. The molecule has 0 atom stereocenters. The van der Waals surface area contributed by atoms with Gasteiger partial charge in [-0.1, -0.05) is 25.4 Å². The summed E-state index contributed by atoms with van der Waals surface area (Å²) < 4.78 is 40.5. The van der Waals surface area contributed by atoms with E-state index in [-0.39, 0.29) is 16.1 Å². The zero-order valence-electron chi connectivity index (χ0n) is 11.5. The average molecular weight is 321 g/mol. The van der Waals surface area contributed by atoms with Crippen molar-refractivity contribution < 1.29 is 12.8 Å². The Morgan fingerprint density at radius 1 is 1.40 bits per heavy atom. The topological polar surface area (TPSA) is 63.4 Å². The first-order chi connectivity index (χ1) is 9.13. The summed E-state index contributed by atoms with van der Waals surface area (Å²) in [6.07, 6.45) is 1.70. The molecule has 20 heavy (non-hydrogen) atoms. The van der Waals surface area contributed by atoms with Gasteiger partial charge in [0, 0.05) is 18.8 Å². The highest BCUT2D eigenvalue weighted by atomic mass is 35.5. The summed E-state index contributed by atoms with van der Waals surface area (Å²) in [6.45, 7) is 4.74. The normalized spacial score (nSPS) is 20.0. The summed E-state index contributed by atoms with van der Waals surface area (Å²) in [7, 11) is -3.91. The zero-order valence-corrected chi connectivity index (χ0v) is 13.1. The van der Waals surface area contributed by atoms with Gasteiger partial charge in [0.1, 0.15) is 4.90 Å². The van der Waals surface area contributed by atoms with Gasteiger partial charge < -0.3 is 5.73 Å². The number of nitrogens with zero attached hydrogens (tertiary/aromatic N) is 1. The summed E-state index contributed by atoms with van der Waals surface area (Å²) in [5.74, 6) is -0.941. The Morgan fingerprint density at radius 3 is 2.65 bits per heavy atom. The number of benzene rings is 1. The Morgan fingerprint density at radius 2 is 2.05 bits per heavy atom. The van der Waals surface area contributed by atoms with E-state index in [0.717, 1.165) is 18.9 Å². The van der Waals surface area contributed by atoms with Gasteiger partial charge in [0.05, 0.1) is 5.02 Å². The summed E-state index contributed by atoms with van der Waals surface area (Å²) >= 11 is 5.68. The van der Waals surface area contributed by atoms with E-state index in [1.54, 1.807) is 0 Å². The molecule has 0 bridgehead atoms. The number of halogens is 2. The van der Waals surface area contributed by atoms with Crippen LogP contribution in [0.1, 0.15) is 26.7 Å². The van der Waals surface area contributed by atoms with Crippen molar-refractivity contribution in [1.29, 1.82) is 0 Å². The van der Waals surface area contributed by atoms with E-state index in [0.29, 0.717) is 13.1 Å². The predicted molar refractivity (Wildman–Crippen MR) is 77.6 cm³/mol. The van der Waals surface area contributed by atoms with Crippen LogP contribution in [0.15, 0.2) is 17.0 Å². The summed E-state index contributed by atoms with van der Waals surface area (Å²) in [4.78, 5) is -0.444. The van der Waals surface area contributed by atoms with Crippen molar-refractivity contribution in [3.63, 3.8) is 0 Å². The smallest absolute Gasteiger partial charge is 0.246 e. The van der Waals surface area contributed by atoms with Crippen LogP contribution in [0.4, 0.5) is 10.1 Å². The van der Waals surface area contributed by atoms with Crippen molar-refractivity contribution in [2.75, 3.05) is 18.8 Å². The molecule has 1 heterocycles. The molecule has 0 unspecified atom stereocenters. The third-order valence-electron chi connectivity index (χ3n) is 3.50. The average Bonchev–Trinajstić information content (AvgIpc) is 2.32. The van der Waals surface area contributed by atoms with Crippen molar-refractivity contribution in [2.24, 2.45) is 5.41 Å². The largest absolute Gasteiger partial charge is 0.399 e. The Labute approximate surface area is 123 Å². The van der Waals surface area contributed by atoms with E-state index < -0.39 is 20.7 Å². The minimum absolute atomic E-state index is 0.119. The van der Waals surface area contributed by atoms with Gasteiger partial charge in [-0.15, -0.1) is 0 Å². The fourth-order valence-electron chi connectivity index (χ4n) is 2.49. The molecule has 1 saturated heterocycles. The fourth-order valence-corrected chi connectivity index (χ4v) is 4.56. The second kappa shape index (κ2) is 5.16. The number of hydrogen-bond acceptors (Lipinski definition) is 3. The van der Waals surface area contributed by atoms with Crippen LogP contribution in [0.25, 0.3) is 0 Å². The van der Waals surface area contributed by atoms with E-state index >= 15 is 0 Å². The fraction of sp³-hybridized carbons (Fsp3) is 0.538. The van der Waals surface area contributed by atoms with Gasteiger partial charge in [-0.3, -0.25) is 0 Å². The SMILES string of the molecule is CC1(C)CCCN(S(=O)(=O)c2cc(N)cc(Cl)c2F)C1. The van der Waals surface area contributed by atoms with Gasteiger partial charge in [0.15, 0.2) is 5.82 Å². The summed E-state index contributed by atoms with van der Waals surface area (Å²) in [6, 6.07) is 2.33. The van der Waals surface area contributed by atoms with Gasteiger partial charge in [0.2, 0.25) is 10.0 Å². The molecule has 1 fully saturated rings. The van der Waals surface area contributed by atoms with Crippen LogP contribution in [0.2, 0.25) is 5.02 Å². The first kappa shape index (κ1) is 15.5. The molecule has 2 N–H and O–H groups in total. The molecule has 0 aliphatic carbocycles. The lowest BCUT2D eigenvalue weighted by Gasteiger charge is -2.37. The maximum Gasteiger partial charge on any atom is 0.246 e. The molecule has 0 saturated carbocycles. The van der Waals surface area contributed by atoms with E-state index in [2.05, 4.69) is 0 Å². The number of rotatable bonds is 2. The highest BCUT2D eigenvalue weighted by molar-refractivity contribution is 7.89. The van der Waals surface area contributed by atoms with E-state index in [4.69, 9.17) is 17.3 Å². The Kier molecular flexibility index (Phi) is 4.01. The second-order valence-electron chi connectivity index (χ2n) is 5.92. The summed E-state index contributed by atoms with van der Waals surface area (Å²) in [5, 5.41) is -0.278. The number of piperidine rings is 1. The Bertz CT molecular complexity index is 632. The predicted octanol–water partition coefficient (Wildman–Crippen LogP) is 2.87. The van der Waals surface area contributed by atoms with Crippen molar-refractivity contribution in [2.45, 2.75) is 31.6 Å². The molecule has 0 spiro atoms. The molecule has 0 radical (unpaired) electrons. The summed E-state index contributed by atoms with van der Waals surface area (Å²) in [5.41, 5.74) is 5.59. The molecule has 7 heteroatoms. The Hall–Kier alpha value is -0.850. The van der Waals surface area contributed by atoms with Crippen molar-refractivity contribution in [3.05, 3.63) is 23.0 Å². The van der Waals surface area contributed by atoms with E-state index in [1.807, 2.05) is 13.8 Å². The highest BCUT2D eigenvalue weighted by Gasteiger charge is 2.36. The van der Waals surface area contributed by atoms with Crippen LogP contribution < -0.4 is 5.73 Å². The molecular formula is C13H18ClFN2O2S. The van der Waals surface area contributed by atoms with Crippen LogP contribution in [0.5, 0.6) is 0 Å². The molecule has 0 amide bonds. The lowest BCUT2D eigenvalue weighted by atomic mass is 9.85. The van der Waals surface area contributed by atoms with Gasteiger partial charge in [0.25, 0.3) is 0 Å². The minimum Gasteiger partial charge on any atom is -0.399 e. The molecule has 1 aliphatic heterocycles. The van der Waals surface area contributed by atoms with Gasteiger partial charge in [-0.2, -0.15) is 4.31 Å². The molecule has 1 aromatic rings. The molecular weight excluding hydrogens is 303 g/mol. The van der Waals surface area contributed by atoms with Crippen LogP contribution in [-0.4, -0.2) is 25.8 Å². The third kappa shape index (κ3) is 2.92. The zero-order chi connectivity index (χ0) is 15.1. The molecule has 4 nitrogen and oxygen atoms in total. The quantitative estimate of drug-likeness (QED) is 0.852. The number of hydrogen-bond donors (Lipinski definition) is 1. The lowest BCUT2D eigenvalue weighted by molar-refractivity contribution is 0.186. The van der Waals surface area contributed by atoms with Gasteiger partial charge in [-0.05, 0) is 30.4 Å². The van der Waals surface area contributed by atoms with Crippen LogP contribution >= 0.6 is 11.6 Å². The second-order valence-corrected chi connectivity index (χ2v) is 8.23. The molecule has 1 aromatic carbocycles. The molecule has 112 valence electrons. The maximum absolute atomic E-state index is 14.0. The minimum atomic E-state index is -3.91. The lowest BCUT2D eigenvalue weighted by Crippen LogP contribution is -2.43. The first-order valence-electron chi connectivity index (χ1n) is 6.38. The molecule has 2 rings (SSSR count). The van der Waals surface area contributed by atoms with Gasteiger partial charge >= 0.3 is 0 Å². The number of nitrogens with two attached hydrogens (primary N) is 1. The molecule has 0 aromatic heterocycles. The van der Waals surface area contributed by atoms with E-state index in [1.165, 1.54) is 10.4 Å². The van der Waals surface area contributed by atoms with Crippen LogP contribution in [0.3, 0.4) is 0 Å². The van der Waals surface area contributed by atoms with Crippen molar-refractivity contribution in [3.8, 4) is 0 Å². The van der Waals surface area contributed by atoms with E-state index in [9.17, 15) is 12.8 Å². The van der Waals surface area contributed by atoms with Gasteiger partial charge in [-0.25, -0.2) is 12.8 Å². The highest BCUT2D eigenvalue weighted by Crippen LogP contribution is 2.34. The van der Waals surface area contributed by atoms with Crippen LogP contribution in [0, 0.1) is 11.2 Å². The monoisotopic (exact) mass is 320 g/mol. The first-order valence-corrected chi connectivity index (χ1v) is 8.20.